The second kappa shape index (κ2) is 12.5. The van der Waals surface area contributed by atoms with Crippen molar-refractivity contribution in [2.75, 3.05) is 13.1 Å². The second-order valence-electron chi connectivity index (χ2n) is 7.01. The van der Waals surface area contributed by atoms with E-state index in [1.165, 1.54) is 38.5 Å². The molecule has 0 aromatic carbocycles. The topological polar surface area (TPSA) is 67.1 Å². The summed E-state index contributed by atoms with van der Waals surface area (Å²) in [5, 5.41) is 15.2. The zero-order valence-corrected chi connectivity index (χ0v) is 18.4. The number of halogens is 1. The molecule has 0 aliphatic carbocycles. The van der Waals surface area contributed by atoms with Crippen molar-refractivity contribution in [3.63, 3.8) is 0 Å². The third-order valence-corrected chi connectivity index (χ3v) is 4.41. The Bertz CT molecular complexity index is 512. The monoisotopic (exact) mass is 462 g/mol. The molecule has 1 aliphatic heterocycles. The van der Waals surface area contributed by atoms with Gasteiger partial charge in [-0.25, -0.2) is 4.99 Å². The van der Waals surface area contributed by atoms with Gasteiger partial charge >= 0.3 is 0 Å². The molecule has 144 valence electrons. The summed E-state index contributed by atoms with van der Waals surface area (Å²) in [4.78, 5) is 4.66. The molecule has 25 heavy (non-hydrogen) atoms. The van der Waals surface area contributed by atoms with Gasteiger partial charge in [0, 0.05) is 26.1 Å². The predicted molar refractivity (Wildman–Crippen MR) is 114 cm³/mol. The number of hydrogen-bond acceptors (Lipinski definition) is 3. The van der Waals surface area contributed by atoms with E-state index in [0.717, 1.165) is 49.6 Å². The molecule has 0 saturated carbocycles. The van der Waals surface area contributed by atoms with Gasteiger partial charge in [0.1, 0.15) is 12.4 Å². The SMILES string of the molecule is CCNC(=NCc1nnc2n1CCC2)NCCCCCCC(C)C.I. The molecule has 0 amide bonds. The number of aliphatic imine (C=N–C) groups is 1. The van der Waals surface area contributed by atoms with Gasteiger partial charge in [0.2, 0.25) is 0 Å². The smallest absolute Gasteiger partial charge is 0.191 e. The summed E-state index contributed by atoms with van der Waals surface area (Å²) in [6.45, 7) is 10.2. The molecule has 2 heterocycles. The first-order valence-electron chi connectivity index (χ1n) is 9.63. The summed E-state index contributed by atoms with van der Waals surface area (Å²) in [6, 6.07) is 0. The Labute approximate surface area is 169 Å². The quantitative estimate of drug-likeness (QED) is 0.242. The second-order valence-corrected chi connectivity index (χ2v) is 7.01. The van der Waals surface area contributed by atoms with E-state index in [4.69, 9.17) is 0 Å². The molecule has 0 fully saturated rings. The molecule has 0 spiro atoms. The highest BCUT2D eigenvalue weighted by molar-refractivity contribution is 14.0. The number of nitrogens with zero attached hydrogens (tertiary/aromatic N) is 4. The fourth-order valence-electron chi connectivity index (χ4n) is 3.06. The van der Waals surface area contributed by atoms with Crippen LogP contribution in [0, 0.1) is 5.92 Å². The Kier molecular flexibility index (Phi) is 11.1. The average Bonchev–Trinajstić information content (AvgIpc) is 3.15. The molecule has 1 aromatic heterocycles. The van der Waals surface area contributed by atoms with Crippen LogP contribution in [0.2, 0.25) is 0 Å². The molecule has 2 N–H and O–H groups in total. The standard InChI is InChI=1S/C18H34N6.HI/c1-4-19-18(20-12-8-6-5-7-10-15(2)3)21-14-17-23-22-16-11-9-13-24(16)17;/h15H,4-14H2,1-3H3,(H2,19,20,21);1H. The predicted octanol–water partition coefficient (Wildman–Crippen LogP) is 3.50. The van der Waals surface area contributed by atoms with E-state index in [1.54, 1.807) is 0 Å². The van der Waals surface area contributed by atoms with E-state index in [1.807, 2.05) is 0 Å². The van der Waals surface area contributed by atoms with Gasteiger partial charge in [-0.2, -0.15) is 0 Å². The van der Waals surface area contributed by atoms with E-state index in [9.17, 15) is 0 Å². The van der Waals surface area contributed by atoms with Gasteiger partial charge in [0.25, 0.3) is 0 Å². The van der Waals surface area contributed by atoms with Crippen LogP contribution in [0.4, 0.5) is 0 Å². The molecule has 0 atom stereocenters. The van der Waals surface area contributed by atoms with E-state index < -0.39 is 0 Å². The van der Waals surface area contributed by atoms with Crippen molar-refractivity contribution in [3.05, 3.63) is 11.6 Å². The number of unbranched alkanes of at least 4 members (excludes halogenated alkanes) is 3. The van der Waals surface area contributed by atoms with Crippen molar-refractivity contribution < 1.29 is 0 Å². The van der Waals surface area contributed by atoms with Gasteiger partial charge in [-0.05, 0) is 25.7 Å². The van der Waals surface area contributed by atoms with Crippen LogP contribution in [0.1, 0.15) is 70.9 Å². The Morgan fingerprint density at radius 1 is 1.16 bits per heavy atom. The minimum atomic E-state index is 0. The molecule has 1 aliphatic rings. The molecule has 2 rings (SSSR count). The van der Waals surface area contributed by atoms with Gasteiger partial charge in [-0.3, -0.25) is 0 Å². The van der Waals surface area contributed by atoms with Crippen LogP contribution < -0.4 is 10.6 Å². The van der Waals surface area contributed by atoms with Gasteiger partial charge in [-0.15, -0.1) is 34.2 Å². The lowest BCUT2D eigenvalue weighted by Crippen LogP contribution is -2.37. The Morgan fingerprint density at radius 3 is 2.72 bits per heavy atom. The summed E-state index contributed by atoms with van der Waals surface area (Å²) in [6.07, 6.45) is 8.74. The van der Waals surface area contributed by atoms with Crippen LogP contribution in [0.3, 0.4) is 0 Å². The van der Waals surface area contributed by atoms with Crippen LogP contribution in [-0.4, -0.2) is 33.8 Å². The van der Waals surface area contributed by atoms with Crippen molar-refractivity contribution in [1.29, 1.82) is 0 Å². The molecule has 6 nitrogen and oxygen atoms in total. The lowest BCUT2D eigenvalue weighted by atomic mass is 10.0. The number of aromatic nitrogens is 3. The van der Waals surface area contributed by atoms with E-state index >= 15 is 0 Å². The van der Waals surface area contributed by atoms with Crippen molar-refractivity contribution in [2.24, 2.45) is 10.9 Å². The maximum atomic E-state index is 4.66. The van der Waals surface area contributed by atoms with Crippen molar-refractivity contribution in [3.8, 4) is 0 Å². The maximum Gasteiger partial charge on any atom is 0.191 e. The summed E-state index contributed by atoms with van der Waals surface area (Å²) < 4.78 is 2.21. The average molecular weight is 462 g/mol. The normalized spacial score (nSPS) is 13.7. The van der Waals surface area contributed by atoms with Crippen molar-refractivity contribution in [1.82, 2.24) is 25.4 Å². The minimum absolute atomic E-state index is 0. The van der Waals surface area contributed by atoms with Crippen LogP contribution in [0.5, 0.6) is 0 Å². The van der Waals surface area contributed by atoms with E-state index in [-0.39, 0.29) is 24.0 Å². The largest absolute Gasteiger partial charge is 0.357 e. The molecular weight excluding hydrogens is 427 g/mol. The molecule has 0 bridgehead atoms. The number of rotatable bonds is 10. The highest BCUT2D eigenvalue weighted by Crippen LogP contribution is 2.14. The van der Waals surface area contributed by atoms with Gasteiger partial charge in [0.15, 0.2) is 11.8 Å². The van der Waals surface area contributed by atoms with Crippen LogP contribution in [0.15, 0.2) is 4.99 Å². The molecule has 1 aromatic rings. The van der Waals surface area contributed by atoms with Gasteiger partial charge in [-0.1, -0.05) is 39.5 Å². The number of hydrogen-bond donors (Lipinski definition) is 2. The lowest BCUT2D eigenvalue weighted by molar-refractivity contribution is 0.518. The molecule has 0 radical (unpaired) electrons. The zero-order valence-electron chi connectivity index (χ0n) is 16.1. The fourth-order valence-corrected chi connectivity index (χ4v) is 3.06. The zero-order chi connectivity index (χ0) is 17.2. The fraction of sp³-hybridized carbons (Fsp3) is 0.833. The Hall–Kier alpha value is -0.860. The number of aryl methyl sites for hydroxylation is 1. The van der Waals surface area contributed by atoms with Gasteiger partial charge in [0.05, 0.1) is 0 Å². The minimum Gasteiger partial charge on any atom is -0.357 e. The summed E-state index contributed by atoms with van der Waals surface area (Å²) >= 11 is 0. The first-order chi connectivity index (χ1) is 11.7. The summed E-state index contributed by atoms with van der Waals surface area (Å²) in [7, 11) is 0. The third kappa shape index (κ3) is 7.92. The summed E-state index contributed by atoms with van der Waals surface area (Å²) in [5.74, 6) is 3.80. The molecule has 7 heteroatoms. The van der Waals surface area contributed by atoms with Crippen molar-refractivity contribution >= 4 is 29.9 Å². The summed E-state index contributed by atoms with van der Waals surface area (Å²) in [5.41, 5.74) is 0. The van der Waals surface area contributed by atoms with Crippen molar-refractivity contribution in [2.45, 2.75) is 78.8 Å². The molecular formula is C18H35IN6. The number of nitrogens with one attached hydrogen (secondary N) is 2. The molecule has 0 unspecified atom stereocenters. The number of guanidine groups is 1. The van der Waals surface area contributed by atoms with Crippen LogP contribution >= 0.6 is 24.0 Å². The third-order valence-electron chi connectivity index (χ3n) is 4.41. The van der Waals surface area contributed by atoms with Crippen LogP contribution in [-0.2, 0) is 19.5 Å². The Balaban J connectivity index is 0.00000312. The lowest BCUT2D eigenvalue weighted by Gasteiger charge is -2.11. The highest BCUT2D eigenvalue weighted by Gasteiger charge is 2.16. The Morgan fingerprint density at radius 2 is 1.96 bits per heavy atom. The van der Waals surface area contributed by atoms with E-state index in [0.29, 0.717) is 6.54 Å². The first-order valence-corrected chi connectivity index (χ1v) is 9.63. The van der Waals surface area contributed by atoms with Crippen LogP contribution in [0.25, 0.3) is 0 Å². The number of fused-ring (bicyclic) bond motifs is 1. The molecule has 0 saturated heterocycles. The van der Waals surface area contributed by atoms with Gasteiger partial charge < -0.3 is 15.2 Å². The highest BCUT2D eigenvalue weighted by atomic mass is 127. The maximum absolute atomic E-state index is 4.66. The first kappa shape index (κ1) is 22.2. The van der Waals surface area contributed by atoms with E-state index in [2.05, 4.69) is 51.2 Å².